The lowest BCUT2D eigenvalue weighted by atomic mass is 9.99. The second-order valence-electron chi connectivity index (χ2n) is 6.90. The van der Waals surface area contributed by atoms with Crippen LogP contribution in [0.25, 0.3) is 0 Å². The Bertz CT molecular complexity index is 722. The number of imide groups is 1. The first-order valence-corrected chi connectivity index (χ1v) is 9.94. The molecule has 1 fully saturated rings. The van der Waals surface area contributed by atoms with Crippen molar-refractivity contribution in [3.05, 3.63) is 29.8 Å². The van der Waals surface area contributed by atoms with E-state index >= 15 is 0 Å². The standard InChI is InChI=1S/C21H27NO8/c1-3-4-5-16(12-13-27-2)20(25)29-17-8-6-15(7-9-17)14-28-21(26)30-22-18(23)10-11-19(22)24/h6-9,16H,3-5,10-14H2,1-2H3. The van der Waals surface area contributed by atoms with Gasteiger partial charge in [0.2, 0.25) is 0 Å². The molecule has 1 aromatic rings. The molecule has 0 aliphatic carbocycles. The van der Waals surface area contributed by atoms with Crippen molar-refractivity contribution >= 4 is 23.9 Å². The summed E-state index contributed by atoms with van der Waals surface area (Å²) in [6, 6.07) is 6.47. The summed E-state index contributed by atoms with van der Waals surface area (Å²) in [7, 11) is 1.60. The van der Waals surface area contributed by atoms with Crippen LogP contribution in [0.4, 0.5) is 4.79 Å². The predicted molar refractivity (Wildman–Crippen MR) is 104 cm³/mol. The molecule has 0 aromatic heterocycles. The Morgan fingerprint density at radius 3 is 2.33 bits per heavy atom. The molecule has 1 heterocycles. The number of nitrogens with zero attached hydrogens (tertiary/aromatic N) is 1. The summed E-state index contributed by atoms with van der Waals surface area (Å²) >= 11 is 0. The fourth-order valence-corrected chi connectivity index (χ4v) is 2.84. The summed E-state index contributed by atoms with van der Waals surface area (Å²) in [5.74, 6) is -1.29. The lowest BCUT2D eigenvalue weighted by Crippen LogP contribution is -2.32. The Kier molecular flexibility index (Phi) is 9.27. The first-order valence-electron chi connectivity index (χ1n) is 9.94. The number of unbranched alkanes of at least 4 members (excludes halogenated alkanes) is 1. The van der Waals surface area contributed by atoms with Gasteiger partial charge in [-0.15, -0.1) is 0 Å². The maximum Gasteiger partial charge on any atom is 0.534 e. The van der Waals surface area contributed by atoms with Gasteiger partial charge in [0.05, 0.1) is 5.92 Å². The summed E-state index contributed by atoms with van der Waals surface area (Å²) in [5.41, 5.74) is 0.618. The van der Waals surface area contributed by atoms with Gasteiger partial charge in [-0.3, -0.25) is 19.2 Å². The molecule has 0 bridgehead atoms. The molecule has 2 rings (SSSR count). The lowest BCUT2D eigenvalue weighted by molar-refractivity contribution is -0.177. The van der Waals surface area contributed by atoms with E-state index < -0.39 is 18.0 Å². The third-order valence-electron chi connectivity index (χ3n) is 4.58. The molecule has 0 N–H and O–H groups in total. The summed E-state index contributed by atoms with van der Waals surface area (Å²) in [6.45, 7) is 2.43. The molecule has 2 amide bonds. The molecular formula is C21H27NO8. The summed E-state index contributed by atoms with van der Waals surface area (Å²) in [5, 5.41) is 0.420. The molecule has 1 aliphatic rings. The van der Waals surface area contributed by atoms with Gasteiger partial charge in [-0.2, -0.15) is 0 Å². The van der Waals surface area contributed by atoms with Gasteiger partial charge in [-0.05, 0) is 30.5 Å². The van der Waals surface area contributed by atoms with Crippen LogP contribution < -0.4 is 4.74 Å². The van der Waals surface area contributed by atoms with Crippen molar-refractivity contribution in [1.29, 1.82) is 0 Å². The van der Waals surface area contributed by atoms with Gasteiger partial charge in [-0.1, -0.05) is 37.0 Å². The van der Waals surface area contributed by atoms with Crippen LogP contribution in [0.5, 0.6) is 5.75 Å². The van der Waals surface area contributed by atoms with Crippen molar-refractivity contribution < 1.29 is 38.2 Å². The van der Waals surface area contributed by atoms with E-state index in [-0.39, 0.29) is 31.3 Å². The summed E-state index contributed by atoms with van der Waals surface area (Å²) in [6.07, 6.45) is 2.15. The SMILES string of the molecule is CCCCC(CCOC)C(=O)Oc1ccc(COC(=O)ON2C(=O)CCC2=O)cc1. The van der Waals surface area contributed by atoms with Crippen molar-refractivity contribution in [3.63, 3.8) is 0 Å². The van der Waals surface area contributed by atoms with Crippen LogP contribution in [0.15, 0.2) is 24.3 Å². The predicted octanol–water partition coefficient (Wildman–Crippen LogP) is 3.15. The number of rotatable bonds is 11. The normalized spacial score (nSPS) is 14.5. The van der Waals surface area contributed by atoms with E-state index in [0.717, 1.165) is 19.3 Å². The van der Waals surface area contributed by atoms with Crippen molar-refractivity contribution in [3.8, 4) is 5.75 Å². The number of benzene rings is 1. The molecule has 0 spiro atoms. The van der Waals surface area contributed by atoms with Gasteiger partial charge < -0.3 is 14.2 Å². The van der Waals surface area contributed by atoms with Crippen LogP contribution in [0.3, 0.4) is 0 Å². The number of methoxy groups -OCH3 is 1. The maximum atomic E-state index is 12.4. The third-order valence-corrected chi connectivity index (χ3v) is 4.58. The first kappa shape index (κ1) is 23.3. The Morgan fingerprint density at radius 1 is 1.07 bits per heavy atom. The largest absolute Gasteiger partial charge is 0.534 e. The highest BCUT2D eigenvalue weighted by atomic mass is 16.8. The van der Waals surface area contributed by atoms with E-state index in [9.17, 15) is 19.2 Å². The van der Waals surface area contributed by atoms with Crippen molar-refractivity contribution in [2.75, 3.05) is 13.7 Å². The molecule has 0 saturated carbocycles. The lowest BCUT2D eigenvalue weighted by Gasteiger charge is -2.15. The molecule has 9 heteroatoms. The van der Waals surface area contributed by atoms with E-state index in [4.69, 9.17) is 14.2 Å². The number of carbonyl (C=O) groups excluding carboxylic acids is 4. The molecule has 0 radical (unpaired) electrons. The number of ether oxygens (including phenoxy) is 3. The highest BCUT2D eigenvalue weighted by Crippen LogP contribution is 2.19. The fraction of sp³-hybridized carbons (Fsp3) is 0.524. The minimum atomic E-state index is -1.15. The zero-order chi connectivity index (χ0) is 21.9. The van der Waals surface area contributed by atoms with Gasteiger partial charge >= 0.3 is 12.1 Å². The highest BCUT2D eigenvalue weighted by molar-refractivity contribution is 6.01. The molecule has 1 aromatic carbocycles. The quantitative estimate of drug-likeness (QED) is 0.305. The van der Waals surface area contributed by atoms with Crippen molar-refractivity contribution in [1.82, 2.24) is 5.06 Å². The minimum Gasteiger partial charge on any atom is -0.428 e. The Hall–Kier alpha value is -2.94. The van der Waals surface area contributed by atoms with E-state index in [1.165, 1.54) is 0 Å². The molecular weight excluding hydrogens is 394 g/mol. The van der Waals surface area contributed by atoms with E-state index in [1.807, 2.05) is 0 Å². The van der Waals surface area contributed by atoms with Crippen LogP contribution in [0.2, 0.25) is 0 Å². The average Bonchev–Trinajstić information content (AvgIpc) is 3.05. The molecule has 9 nitrogen and oxygen atoms in total. The number of hydroxylamine groups is 2. The van der Waals surface area contributed by atoms with E-state index in [1.54, 1.807) is 31.4 Å². The fourth-order valence-electron chi connectivity index (χ4n) is 2.84. The molecule has 30 heavy (non-hydrogen) atoms. The van der Waals surface area contributed by atoms with E-state index in [0.29, 0.717) is 29.4 Å². The van der Waals surface area contributed by atoms with E-state index in [2.05, 4.69) is 11.8 Å². The highest BCUT2D eigenvalue weighted by Gasteiger charge is 2.33. The number of hydrogen-bond acceptors (Lipinski definition) is 8. The maximum absolute atomic E-state index is 12.4. The van der Waals surface area contributed by atoms with Gasteiger partial charge in [0.15, 0.2) is 0 Å². The topological polar surface area (TPSA) is 108 Å². The number of hydrogen-bond donors (Lipinski definition) is 0. The second-order valence-corrected chi connectivity index (χ2v) is 6.90. The Balaban J connectivity index is 1.82. The van der Waals surface area contributed by atoms with Crippen molar-refractivity contribution in [2.45, 2.75) is 52.1 Å². The second kappa shape index (κ2) is 11.9. The molecule has 1 atom stereocenters. The van der Waals surface area contributed by atoms with Gasteiger partial charge in [0.25, 0.3) is 11.8 Å². The van der Waals surface area contributed by atoms with Gasteiger partial charge in [0, 0.05) is 26.6 Å². The zero-order valence-electron chi connectivity index (χ0n) is 17.3. The van der Waals surface area contributed by atoms with Crippen LogP contribution in [-0.4, -0.2) is 42.7 Å². The van der Waals surface area contributed by atoms with Crippen LogP contribution in [0, 0.1) is 5.92 Å². The first-order chi connectivity index (χ1) is 14.4. The van der Waals surface area contributed by atoms with Gasteiger partial charge in [0.1, 0.15) is 12.4 Å². The summed E-state index contributed by atoms with van der Waals surface area (Å²) in [4.78, 5) is 51.5. The smallest absolute Gasteiger partial charge is 0.428 e. The van der Waals surface area contributed by atoms with Crippen LogP contribution in [-0.2, 0) is 35.3 Å². The number of amides is 2. The van der Waals surface area contributed by atoms with Gasteiger partial charge in [-0.25, -0.2) is 4.79 Å². The number of carbonyl (C=O) groups is 4. The monoisotopic (exact) mass is 421 g/mol. The van der Waals surface area contributed by atoms with Crippen molar-refractivity contribution in [2.24, 2.45) is 5.92 Å². The molecule has 1 saturated heterocycles. The molecule has 164 valence electrons. The minimum absolute atomic E-state index is 0.0110. The summed E-state index contributed by atoms with van der Waals surface area (Å²) < 4.78 is 15.4. The third kappa shape index (κ3) is 7.14. The van der Waals surface area contributed by atoms with Crippen LogP contribution >= 0.6 is 0 Å². The number of esters is 1. The average molecular weight is 421 g/mol. The Morgan fingerprint density at radius 2 is 1.73 bits per heavy atom. The Labute approximate surface area is 175 Å². The zero-order valence-corrected chi connectivity index (χ0v) is 17.3. The van der Waals surface area contributed by atoms with Crippen LogP contribution in [0.1, 0.15) is 51.0 Å². The molecule has 1 unspecified atom stereocenters. The molecule has 1 aliphatic heterocycles.